The molecule has 3 rings (SSSR count). The number of hydrazine groups is 1. The molecule has 0 saturated carbocycles. The van der Waals surface area contributed by atoms with Crippen LogP contribution in [0.2, 0.25) is 0 Å². The Balaban J connectivity index is 1.53. The minimum absolute atomic E-state index is 0.0977. The molecule has 9 heteroatoms. The molecule has 9 nitrogen and oxygen atoms in total. The molecule has 1 aromatic heterocycles. The van der Waals surface area contributed by atoms with Crippen LogP contribution in [-0.2, 0) is 4.79 Å². The van der Waals surface area contributed by atoms with Gasteiger partial charge in [-0.1, -0.05) is 12.1 Å². The molecule has 1 fully saturated rings. The summed E-state index contributed by atoms with van der Waals surface area (Å²) in [7, 11) is 0. The smallest absolute Gasteiger partial charge is 0.294 e. The molecular weight excluding hydrogens is 348 g/mol. The number of hydrogen-bond acceptors (Lipinski definition) is 7. The van der Waals surface area contributed by atoms with Gasteiger partial charge in [-0.25, -0.2) is 4.98 Å². The van der Waals surface area contributed by atoms with Gasteiger partial charge in [-0.15, -0.1) is 0 Å². The van der Waals surface area contributed by atoms with Gasteiger partial charge < -0.3 is 4.90 Å². The molecule has 1 aliphatic rings. The van der Waals surface area contributed by atoms with Crippen molar-refractivity contribution in [2.75, 3.05) is 23.4 Å². The van der Waals surface area contributed by atoms with Crippen LogP contribution in [0.25, 0.3) is 0 Å². The maximum Gasteiger partial charge on any atom is 0.294 e. The average Bonchev–Trinajstić information content (AvgIpc) is 2.72. The fourth-order valence-corrected chi connectivity index (χ4v) is 2.98. The summed E-state index contributed by atoms with van der Waals surface area (Å²) in [5, 5.41) is 19.8. The quantitative estimate of drug-likeness (QED) is 0.614. The van der Waals surface area contributed by atoms with Gasteiger partial charge in [0.2, 0.25) is 5.91 Å². The SMILES string of the molecule is N#Cc1ccc(N2CCC(C(=O)NNc3ccccc3[N+](=O)[O-])CC2)nc1. The van der Waals surface area contributed by atoms with E-state index in [1.807, 2.05) is 6.07 Å². The molecule has 1 aromatic carbocycles. The largest absolute Gasteiger partial charge is 0.357 e. The molecule has 27 heavy (non-hydrogen) atoms. The van der Waals surface area contributed by atoms with Crippen molar-refractivity contribution < 1.29 is 9.72 Å². The Morgan fingerprint density at radius 2 is 2.00 bits per heavy atom. The van der Waals surface area contributed by atoms with Gasteiger partial charge in [-0.05, 0) is 31.0 Å². The summed E-state index contributed by atoms with van der Waals surface area (Å²) in [5.74, 6) is 0.404. The number of nitro groups is 1. The predicted molar refractivity (Wildman–Crippen MR) is 98.8 cm³/mol. The predicted octanol–water partition coefficient (Wildman–Crippen LogP) is 2.22. The molecule has 2 aromatic rings. The number of anilines is 2. The number of nitro benzene ring substituents is 1. The number of pyridine rings is 1. The summed E-state index contributed by atoms with van der Waals surface area (Å²) >= 11 is 0. The van der Waals surface area contributed by atoms with Gasteiger partial charge in [0.15, 0.2) is 0 Å². The minimum atomic E-state index is -0.502. The van der Waals surface area contributed by atoms with Crippen molar-refractivity contribution >= 4 is 23.1 Å². The van der Waals surface area contributed by atoms with Crippen molar-refractivity contribution in [1.82, 2.24) is 10.4 Å². The molecule has 1 aliphatic heterocycles. The molecule has 138 valence electrons. The van der Waals surface area contributed by atoms with E-state index in [0.29, 0.717) is 31.5 Å². The summed E-state index contributed by atoms with van der Waals surface area (Å²) in [6, 6.07) is 11.7. The van der Waals surface area contributed by atoms with E-state index in [9.17, 15) is 14.9 Å². The Morgan fingerprint density at radius 3 is 2.63 bits per heavy atom. The van der Waals surface area contributed by atoms with Gasteiger partial charge in [-0.2, -0.15) is 5.26 Å². The summed E-state index contributed by atoms with van der Waals surface area (Å²) in [6.07, 6.45) is 2.82. The van der Waals surface area contributed by atoms with Gasteiger partial charge in [0.1, 0.15) is 17.6 Å². The number of amides is 1. The Kier molecular flexibility index (Phi) is 5.47. The molecule has 0 bridgehead atoms. The Labute approximate surface area is 155 Å². The number of benzene rings is 1. The highest BCUT2D eigenvalue weighted by Gasteiger charge is 2.26. The molecule has 1 saturated heterocycles. The third-order valence-corrected chi connectivity index (χ3v) is 4.49. The topological polar surface area (TPSA) is 124 Å². The van der Waals surface area contributed by atoms with Gasteiger partial charge in [0, 0.05) is 31.3 Å². The monoisotopic (exact) mass is 366 g/mol. The molecular formula is C18H18N6O3. The van der Waals surface area contributed by atoms with Crippen LogP contribution in [0.15, 0.2) is 42.6 Å². The number of rotatable bonds is 5. The Hall–Kier alpha value is -3.67. The number of hydrogen-bond donors (Lipinski definition) is 2. The van der Waals surface area contributed by atoms with Crippen LogP contribution in [-0.4, -0.2) is 28.9 Å². The minimum Gasteiger partial charge on any atom is -0.357 e. The van der Waals surface area contributed by atoms with Crippen LogP contribution < -0.4 is 15.8 Å². The third-order valence-electron chi connectivity index (χ3n) is 4.49. The van der Waals surface area contributed by atoms with E-state index in [1.54, 1.807) is 24.3 Å². The van der Waals surface area contributed by atoms with Crippen LogP contribution in [0, 0.1) is 27.4 Å². The molecule has 0 unspecified atom stereocenters. The highest BCUT2D eigenvalue weighted by molar-refractivity contribution is 5.81. The molecule has 0 atom stereocenters. The lowest BCUT2D eigenvalue weighted by Gasteiger charge is -2.32. The van der Waals surface area contributed by atoms with Gasteiger partial charge in [-0.3, -0.25) is 25.8 Å². The fraction of sp³-hybridized carbons (Fsp3) is 0.278. The Bertz CT molecular complexity index is 869. The molecule has 0 spiro atoms. The maximum atomic E-state index is 12.4. The number of para-hydroxylation sites is 2. The zero-order chi connectivity index (χ0) is 19.2. The second-order valence-corrected chi connectivity index (χ2v) is 6.17. The van der Waals surface area contributed by atoms with Crippen molar-refractivity contribution in [3.63, 3.8) is 0 Å². The summed E-state index contributed by atoms with van der Waals surface area (Å²) in [4.78, 5) is 29.2. The number of nitrogens with zero attached hydrogens (tertiary/aromatic N) is 4. The summed E-state index contributed by atoms with van der Waals surface area (Å²) < 4.78 is 0. The standard InChI is InChI=1S/C18H18N6O3/c19-11-13-5-6-17(20-12-13)23-9-7-14(8-10-23)18(25)22-21-15-3-1-2-4-16(15)24(26)27/h1-6,12,14,21H,7-10H2,(H,22,25). The van der Waals surface area contributed by atoms with Crippen LogP contribution in [0.1, 0.15) is 18.4 Å². The van der Waals surface area contributed by atoms with Crippen molar-refractivity contribution in [2.45, 2.75) is 12.8 Å². The van der Waals surface area contributed by atoms with E-state index in [-0.39, 0.29) is 23.2 Å². The lowest BCUT2D eigenvalue weighted by Crippen LogP contribution is -2.42. The molecule has 1 amide bonds. The van der Waals surface area contributed by atoms with E-state index in [4.69, 9.17) is 5.26 Å². The number of carbonyl (C=O) groups excluding carboxylic acids is 1. The van der Waals surface area contributed by atoms with E-state index in [2.05, 4.69) is 20.7 Å². The first-order valence-electron chi connectivity index (χ1n) is 8.49. The number of carbonyl (C=O) groups is 1. The van der Waals surface area contributed by atoms with Crippen LogP contribution in [0.4, 0.5) is 17.2 Å². The first kappa shape index (κ1) is 18.1. The molecule has 0 radical (unpaired) electrons. The Morgan fingerprint density at radius 1 is 1.26 bits per heavy atom. The van der Waals surface area contributed by atoms with Crippen molar-refractivity contribution in [2.24, 2.45) is 5.92 Å². The lowest BCUT2D eigenvalue weighted by atomic mass is 9.96. The van der Waals surface area contributed by atoms with Gasteiger partial charge in [0.25, 0.3) is 5.69 Å². The normalized spacial score (nSPS) is 14.3. The molecule has 2 N–H and O–H groups in total. The van der Waals surface area contributed by atoms with Gasteiger partial charge >= 0.3 is 0 Å². The molecule has 2 heterocycles. The number of aromatic nitrogens is 1. The van der Waals surface area contributed by atoms with Crippen LogP contribution in [0.3, 0.4) is 0 Å². The highest BCUT2D eigenvalue weighted by Crippen LogP contribution is 2.24. The molecule has 0 aliphatic carbocycles. The number of nitriles is 1. The van der Waals surface area contributed by atoms with Gasteiger partial charge in [0.05, 0.1) is 10.5 Å². The maximum absolute atomic E-state index is 12.4. The van der Waals surface area contributed by atoms with Crippen molar-refractivity contribution in [1.29, 1.82) is 5.26 Å². The zero-order valence-corrected chi connectivity index (χ0v) is 14.5. The summed E-state index contributed by atoms with van der Waals surface area (Å²) in [5.41, 5.74) is 5.88. The van der Waals surface area contributed by atoms with E-state index in [0.717, 1.165) is 5.82 Å². The first-order chi connectivity index (χ1) is 13.1. The number of nitrogens with one attached hydrogen (secondary N) is 2. The van der Waals surface area contributed by atoms with E-state index in [1.165, 1.54) is 18.3 Å². The summed E-state index contributed by atoms with van der Waals surface area (Å²) in [6.45, 7) is 1.34. The second-order valence-electron chi connectivity index (χ2n) is 6.17. The van der Waals surface area contributed by atoms with E-state index >= 15 is 0 Å². The van der Waals surface area contributed by atoms with Crippen LogP contribution >= 0.6 is 0 Å². The number of piperidine rings is 1. The first-order valence-corrected chi connectivity index (χ1v) is 8.49. The highest BCUT2D eigenvalue weighted by atomic mass is 16.6. The lowest BCUT2D eigenvalue weighted by molar-refractivity contribution is -0.384. The average molecular weight is 366 g/mol. The third kappa shape index (κ3) is 4.30. The second kappa shape index (κ2) is 8.14. The van der Waals surface area contributed by atoms with Crippen LogP contribution in [0.5, 0.6) is 0 Å². The zero-order valence-electron chi connectivity index (χ0n) is 14.5. The fourth-order valence-electron chi connectivity index (χ4n) is 2.98. The van der Waals surface area contributed by atoms with Crippen molar-refractivity contribution in [3.8, 4) is 6.07 Å². The van der Waals surface area contributed by atoms with E-state index < -0.39 is 4.92 Å². The van der Waals surface area contributed by atoms with Crippen molar-refractivity contribution in [3.05, 3.63) is 58.3 Å².